The average Bonchev–Trinajstić information content (AvgIpc) is 2.16. The van der Waals surface area contributed by atoms with Gasteiger partial charge in [0.15, 0.2) is 0 Å². The molecule has 70 valence electrons. The Bertz CT molecular complexity index is 297. The summed E-state index contributed by atoms with van der Waals surface area (Å²) in [5.74, 6) is 0.554. The van der Waals surface area contributed by atoms with Crippen LogP contribution in [0.5, 0.6) is 0 Å². The number of nitrogens with zero attached hydrogens (tertiary/aromatic N) is 2. The van der Waals surface area contributed by atoms with Crippen molar-refractivity contribution in [1.82, 2.24) is 10.2 Å². The monoisotopic (exact) mass is 196 g/mol. The molecule has 1 aromatic rings. The molecule has 0 bridgehead atoms. The summed E-state index contributed by atoms with van der Waals surface area (Å²) in [6.45, 7) is 4.30. The first kappa shape index (κ1) is 10.2. The Hall–Kier alpha value is -0.890. The minimum atomic E-state index is 0.554. The maximum absolute atomic E-state index is 5.90. The molecule has 0 amide bonds. The molecule has 13 heavy (non-hydrogen) atoms. The van der Waals surface area contributed by atoms with Crippen molar-refractivity contribution in [2.24, 2.45) is 5.92 Å². The maximum atomic E-state index is 5.90. The molecule has 1 unspecified atom stereocenters. The van der Waals surface area contributed by atoms with E-state index in [0.717, 1.165) is 12.1 Å². The van der Waals surface area contributed by atoms with E-state index in [4.69, 9.17) is 11.6 Å². The Kier molecular flexibility index (Phi) is 3.90. The number of rotatable bonds is 3. The number of allylic oxidation sites excluding steroid dienone is 1. The molecular formula is C10H13ClN2. The molecule has 1 rings (SSSR count). The molecule has 0 aliphatic carbocycles. The highest BCUT2D eigenvalue weighted by atomic mass is 35.5. The molecule has 0 saturated carbocycles. The van der Waals surface area contributed by atoms with E-state index in [9.17, 15) is 0 Å². The van der Waals surface area contributed by atoms with Gasteiger partial charge in [-0.05, 0) is 18.1 Å². The molecule has 0 aromatic carbocycles. The highest BCUT2D eigenvalue weighted by Crippen LogP contribution is 2.14. The number of hydrogen-bond acceptors (Lipinski definition) is 2. The maximum Gasteiger partial charge on any atom is 0.104 e. The predicted molar refractivity (Wildman–Crippen MR) is 55.5 cm³/mol. The number of hydrogen-bond donors (Lipinski definition) is 0. The number of aromatic nitrogens is 2. The van der Waals surface area contributed by atoms with E-state index in [1.54, 1.807) is 12.3 Å². The number of halogens is 1. The van der Waals surface area contributed by atoms with Crippen LogP contribution in [0.3, 0.4) is 0 Å². The van der Waals surface area contributed by atoms with Crippen LogP contribution in [0, 0.1) is 5.92 Å². The van der Waals surface area contributed by atoms with Crippen molar-refractivity contribution in [2.75, 3.05) is 0 Å². The first-order valence-corrected chi connectivity index (χ1v) is 4.77. The van der Waals surface area contributed by atoms with Crippen molar-refractivity contribution in [3.05, 3.63) is 29.1 Å². The van der Waals surface area contributed by atoms with Gasteiger partial charge in [-0.25, -0.2) is 0 Å². The summed E-state index contributed by atoms with van der Waals surface area (Å²) in [6.07, 6.45) is 6.72. The first-order chi connectivity index (χ1) is 6.24. The van der Waals surface area contributed by atoms with Crippen LogP contribution in [0.4, 0.5) is 0 Å². The van der Waals surface area contributed by atoms with E-state index in [1.807, 2.05) is 6.08 Å². The molecule has 1 atom stereocenters. The third-order valence-corrected chi connectivity index (χ3v) is 2.24. The van der Waals surface area contributed by atoms with Crippen molar-refractivity contribution in [3.63, 3.8) is 0 Å². The normalized spacial score (nSPS) is 13.5. The van der Waals surface area contributed by atoms with Gasteiger partial charge in [-0.1, -0.05) is 37.9 Å². The van der Waals surface area contributed by atoms with Crippen LogP contribution in [0.15, 0.2) is 18.3 Å². The van der Waals surface area contributed by atoms with Crippen LogP contribution in [-0.2, 0) is 0 Å². The fourth-order valence-corrected chi connectivity index (χ4v) is 0.989. The summed E-state index contributed by atoms with van der Waals surface area (Å²) in [6, 6.07) is 1.74. The highest BCUT2D eigenvalue weighted by molar-refractivity contribution is 6.31. The van der Waals surface area contributed by atoms with Crippen LogP contribution in [0.1, 0.15) is 26.0 Å². The van der Waals surface area contributed by atoms with Gasteiger partial charge in [0.05, 0.1) is 11.2 Å². The van der Waals surface area contributed by atoms with Crippen molar-refractivity contribution >= 4 is 17.7 Å². The van der Waals surface area contributed by atoms with E-state index >= 15 is 0 Å². The fraction of sp³-hybridized carbons (Fsp3) is 0.400. The summed E-state index contributed by atoms with van der Waals surface area (Å²) in [5.41, 5.74) is 0.740. The van der Waals surface area contributed by atoms with Crippen LogP contribution < -0.4 is 0 Å². The van der Waals surface area contributed by atoms with Crippen molar-refractivity contribution in [3.8, 4) is 0 Å². The van der Waals surface area contributed by atoms with Crippen LogP contribution in [0.2, 0.25) is 5.02 Å². The van der Waals surface area contributed by atoms with Crippen molar-refractivity contribution in [1.29, 1.82) is 0 Å². The molecule has 0 saturated heterocycles. The Morgan fingerprint density at radius 2 is 2.38 bits per heavy atom. The van der Waals surface area contributed by atoms with Gasteiger partial charge in [0.2, 0.25) is 0 Å². The second kappa shape index (κ2) is 4.97. The highest BCUT2D eigenvalue weighted by Gasteiger charge is 1.97. The molecule has 0 radical (unpaired) electrons. The van der Waals surface area contributed by atoms with E-state index in [1.165, 1.54) is 0 Å². The second-order valence-corrected chi connectivity index (χ2v) is 3.42. The van der Waals surface area contributed by atoms with Gasteiger partial charge in [-0.2, -0.15) is 5.10 Å². The molecule has 0 aliphatic rings. The molecular weight excluding hydrogens is 184 g/mol. The molecule has 1 aromatic heterocycles. The topological polar surface area (TPSA) is 25.8 Å². The SMILES string of the molecule is CCC(C)/C=C/c1nnccc1Cl. The predicted octanol–water partition coefficient (Wildman–Crippen LogP) is 3.19. The van der Waals surface area contributed by atoms with Gasteiger partial charge < -0.3 is 0 Å². The van der Waals surface area contributed by atoms with E-state index < -0.39 is 0 Å². The average molecular weight is 197 g/mol. The lowest BCUT2D eigenvalue weighted by atomic mass is 10.1. The van der Waals surface area contributed by atoms with Gasteiger partial charge in [0.25, 0.3) is 0 Å². The Morgan fingerprint density at radius 3 is 3.00 bits per heavy atom. The zero-order valence-corrected chi connectivity index (χ0v) is 8.62. The van der Waals surface area contributed by atoms with Crippen LogP contribution in [0.25, 0.3) is 6.08 Å². The van der Waals surface area contributed by atoms with Gasteiger partial charge in [0, 0.05) is 0 Å². The minimum Gasteiger partial charge on any atom is -0.158 e. The van der Waals surface area contributed by atoms with Gasteiger partial charge >= 0.3 is 0 Å². The molecule has 1 heterocycles. The van der Waals surface area contributed by atoms with Crippen molar-refractivity contribution in [2.45, 2.75) is 20.3 Å². The summed E-state index contributed by atoms with van der Waals surface area (Å²) in [4.78, 5) is 0. The van der Waals surface area contributed by atoms with Crippen LogP contribution >= 0.6 is 11.6 Å². The minimum absolute atomic E-state index is 0.554. The summed E-state index contributed by atoms with van der Waals surface area (Å²) >= 11 is 5.90. The zero-order valence-electron chi connectivity index (χ0n) is 7.87. The first-order valence-electron chi connectivity index (χ1n) is 4.39. The lowest BCUT2D eigenvalue weighted by Gasteiger charge is -1.99. The zero-order chi connectivity index (χ0) is 9.68. The summed E-state index contributed by atoms with van der Waals surface area (Å²) < 4.78 is 0. The third-order valence-electron chi connectivity index (χ3n) is 1.92. The van der Waals surface area contributed by atoms with Crippen LogP contribution in [-0.4, -0.2) is 10.2 Å². The van der Waals surface area contributed by atoms with E-state index in [2.05, 4.69) is 30.1 Å². The Morgan fingerprint density at radius 1 is 1.62 bits per heavy atom. The standard InChI is InChI=1S/C10H13ClN2/c1-3-8(2)4-5-10-9(11)6-7-12-13-10/h4-8H,3H2,1-2H3/b5-4+. The van der Waals surface area contributed by atoms with Gasteiger partial charge in [-0.3, -0.25) is 0 Å². The second-order valence-electron chi connectivity index (χ2n) is 3.01. The molecule has 3 heteroatoms. The van der Waals surface area contributed by atoms with E-state index in [0.29, 0.717) is 10.9 Å². The smallest absolute Gasteiger partial charge is 0.104 e. The third kappa shape index (κ3) is 3.15. The van der Waals surface area contributed by atoms with E-state index in [-0.39, 0.29) is 0 Å². The summed E-state index contributed by atoms with van der Waals surface area (Å²) in [5, 5.41) is 8.33. The lowest BCUT2D eigenvalue weighted by Crippen LogP contribution is -1.88. The molecule has 0 N–H and O–H groups in total. The Balaban J connectivity index is 2.74. The van der Waals surface area contributed by atoms with Gasteiger partial charge in [0.1, 0.15) is 5.69 Å². The largest absolute Gasteiger partial charge is 0.158 e. The molecule has 0 aliphatic heterocycles. The van der Waals surface area contributed by atoms with Crippen molar-refractivity contribution < 1.29 is 0 Å². The Labute approximate surface area is 83.6 Å². The molecule has 0 fully saturated rings. The molecule has 0 spiro atoms. The summed E-state index contributed by atoms with van der Waals surface area (Å²) in [7, 11) is 0. The molecule has 2 nitrogen and oxygen atoms in total. The fourth-order valence-electron chi connectivity index (χ4n) is 0.832. The van der Waals surface area contributed by atoms with Gasteiger partial charge in [-0.15, -0.1) is 5.10 Å². The lowest BCUT2D eigenvalue weighted by molar-refractivity contribution is 0.701. The quantitative estimate of drug-likeness (QED) is 0.742.